The Labute approximate surface area is 170 Å². The molecule has 5 heteroatoms. The Morgan fingerprint density at radius 1 is 0.759 bits per heavy atom. The van der Waals surface area contributed by atoms with E-state index in [9.17, 15) is 9.59 Å². The van der Waals surface area contributed by atoms with Crippen molar-refractivity contribution in [2.24, 2.45) is 0 Å². The highest BCUT2D eigenvalue weighted by Gasteiger charge is 2.14. The molecule has 0 saturated carbocycles. The maximum Gasteiger partial charge on any atom is 0.314 e. The lowest BCUT2D eigenvalue weighted by Gasteiger charge is -2.10. The van der Waals surface area contributed by atoms with Gasteiger partial charge in [0.25, 0.3) is 0 Å². The maximum absolute atomic E-state index is 12.1. The van der Waals surface area contributed by atoms with Gasteiger partial charge in [-0.25, -0.2) is 0 Å². The van der Waals surface area contributed by atoms with Gasteiger partial charge in [0.2, 0.25) is 0 Å². The minimum Gasteiger partial charge on any atom is -0.489 e. The number of benzene rings is 3. The molecule has 0 aliphatic heterocycles. The summed E-state index contributed by atoms with van der Waals surface area (Å²) in [6, 6.07) is 24.2. The first-order valence-corrected chi connectivity index (χ1v) is 9.50. The molecule has 0 saturated heterocycles. The van der Waals surface area contributed by atoms with Gasteiger partial charge in [-0.1, -0.05) is 56.3 Å². The molecule has 0 spiro atoms. The summed E-state index contributed by atoms with van der Waals surface area (Å²) in [5.41, 5.74) is 3.34. The van der Waals surface area contributed by atoms with E-state index in [1.165, 1.54) is 5.56 Å². The van der Waals surface area contributed by atoms with Crippen LogP contribution in [0.25, 0.3) is 0 Å². The Bertz CT molecular complexity index is 950. The van der Waals surface area contributed by atoms with Crippen molar-refractivity contribution >= 4 is 23.2 Å². The smallest absolute Gasteiger partial charge is 0.314 e. The van der Waals surface area contributed by atoms with Crippen molar-refractivity contribution in [3.63, 3.8) is 0 Å². The Morgan fingerprint density at radius 2 is 1.28 bits per heavy atom. The molecule has 0 atom stereocenters. The average Bonchev–Trinajstić information content (AvgIpc) is 2.74. The number of carbonyl (C=O) groups excluding carboxylic acids is 2. The average molecular weight is 388 g/mol. The molecule has 3 aromatic carbocycles. The van der Waals surface area contributed by atoms with Gasteiger partial charge >= 0.3 is 11.8 Å². The second-order valence-electron chi connectivity index (χ2n) is 6.98. The predicted octanol–water partition coefficient (Wildman–Crippen LogP) is 4.97. The van der Waals surface area contributed by atoms with Gasteiger partial charge in [-0.2, -0.15) is 0 Å². The molecule has 148 valence electrons. The molecule has 2 amide bonds. The lowest BCUT2D eigenvalue weighted by molar-refractivity contribution is -0.132. The monoisotopic (exact) mass is 388 g/mol. The Balaban J connectivity index is 1.51. The van der Waals surface area contributed by atoms with Crippen molar-refractivity contribution < 1.29 is 14.3 Å². The van der Waals surface area contributed by atoms with E-state index < -0.39 is 11.8 Å². The molecule has 5 nitrogen and oxygen atoms in total. The largest absolute Gasteiger partial charge is 0.489 e. The van der Waals surface area contributed by atoms with Crippen molar-refractivity contribution in [1.29, 1.82) is 0 Å². The number of rotatable bonds is 6. The van der Waals surface area contributed by atoms with Gasteiger partial charge in [-0.05, 0) is 53.4 Å². The minimum absolute atomic E-state index is 0.405. The molecule has 0 radical (unpaired) electrons. The molecule has 0 unspecified atom stereocenters. The Morgan fingerprint density at radius 3 is 1.79 bits per heavy atom. The molecule has 29 heavy (non-hydrogen) atoms. The number of ether oxygens (including phenoxy) is 1. The van der Waals surface area contributed by atoms with E-state index in [0.717, 1.165) is 5.56 Å². The number of hydrogen-bond donors (Lipinski definition) is 2. The summed E-state index contributed by atoms with van der Waals surface area (Å²) in [6.07, 6.45) is 0. The number of nitrogens with one attached hydrogen (secondary N) is 2. The summed E-state index contributed by atoms with van der Waals surface area (Å²) in [4.78, 5) is 24.2. The fourth-order valence-corrected chi connectivity index (χ4v) is 2.70. The molecular weight excluding hydrogens is 364 g/mol. The normalized spacial score (nSPS) is 10.4. The van der Waals surface area contributed by atoms with Crippen LogP contribution in [0.4, 0.5) is 11.4 Å². The summed E-state index contributed by atoms with van der Waals surface area (Å²) >= 11 is 0. The molecule has 3 aromatic rings. The summed E-state index contributed by atoms with van der Waals surface area (Å²) < 4.78 is 5.71. The van der Waals surface area contributed by atoms with Crippen LogP contribution in [0.1, 0.15) is 30.9 Å². The van der Waals surface area contributed by atoms with Crippen LogP contribution in [0.15, 0.2) is 78.9 Å². The lowest BCUT2D eigenvalue weighted by atomic mass is 10.0. The first kappa shape index (κ1) is 20.1. The zero-order chi connectivity index (χ0) is 20.6. The van der Waals surface area contributed by atoms with Crippen LogP contribution in [-0.4, -0.2) is 11.8 Å². The number of anilines is 2. The van der Waals surface area contributed by atoms with E-state index in [4.69, 9.17) is 4.74 Å². The molecule has 0 fully saturated rings. The zero-order valence-electron chi connectivity index (χ0n) is 16.5. The quantitative estimate of drug-likeness (QED) is 0.586. The van der Waals surface area contributed by atoms with Gasteiger partial charge in [0, 0.05) is 11.4 Å². The highest BCUT2D eigenvalue weighted by atomic mass is 16.5. The van der Waals surface area contributed by atoms with Crippen LogP contribution >= 0.6 is 0 Å². The molecule has 0 aliphatic rings. The third-order valence-corrected chi connectivity index (χ3v) is 4.40. The van der Waals surface area contributed by atoms with E-state index in [1.54, 1.807) is 36.4 Å². The van der Waals surface area contributed by atoms with Crippen molar-refractivity contribution in [1.82, 2.24) is 0 Å². The number of amides is 2. The molecule has 0 bridgehead atoms. The van der Waals surface area contributed by atoms with E-state index in [2.05, 4.69) is 24.5 Å². The zero-order valence-corrected chi connectivity index (χ0v) is 16.5. The van der Waals surface area contributed by atoms with Crippen LogP contribution in [0.5, 0.6) is 5.75 Å². The highest BCUT2D eigenvalue weighted by Crippen LogP contribution is 2.18. The number of hydrogen-bond acceptors (Lipinski definition) is 3. The SMILES string of the molecule is CC(C)c1ccc(NC(=O)C(=O)Nc2ccc(OCc3ccccc3)cc2)cc1. The van der Waals surface area contributed by atoms with E-state index >= 15 is 0 Å². The van der Waals surface area contributed by atoms with Gasteiger partial charge in [0.15, 0.2) is 0 Å². The Hall–Kier alpha value is -3.60. The van der Waals surface area contributed by atoms with Gasteiger partial charge in [-0.15, -0.1) is 0 Å². The summed E-state index contributed by atoms with van der Waals surface area (Å²) in [6.45, 7) is 4.66. The first-order chi connectivity index (χ1) is 14.0. The van der Waals surface area contributed by atoms with Crippen LogP contribution in [0.2, 0.25) is 0 Å². The molecule has 2 N–H and O–H groups in total. The standard InChI is InChI=1S/C24H24N2O3/c1-17(2)19-8-10-20(11-9-19)25-23(27)24(28)26-21-12-14-22(15-13-21)29-16-18-6-4-3-5-7-18/h3-15,17H,16H2,1-2H3,(H,25,27)(H,26,28). The second-order valence-corrected chi connectivity index (χ2v) is 6.98. The van der Waals surface area contributed by atoms with Crippen molar-refractivity contribution in [2.45, 2.75) is 26.4 Å². The topological polar surface area (TPSA) is 67.4 Å². The Kier molecular flexibility index (Phi) is 6.63. The third kappa shape index (κ3) is 5.94. The fraction of sp³-hybridized carbons (Fsp3) is 0.167. The van der Waals surface area contributed by atoms with E-state index in [-0.39, 0.29) is 0 Å². The van der Waals surface area contributed by atoms with Crippen LogP contribution in [0, 0.1) is 0 Å². The lowest BCUT2D eigenvalue weighted by Crippen LogP contribution is -2.29. The van der Waals surface area contributed by atoms with E-state index in [0.29, 0.717) is 29.6 Å². The summed E-state index contributed by atoms with van der Waals surface area (Å²) in [5.74, 6) is -0.355. The maximum atomic E-state index is 12.1. The minimum atomic E-state index is -0.726. The van der Waals surface area contributed by atoms with Crippen LogP contribution in [0.3, 0.4) is 0 Å². The van der Waals surface area contributed by atoms with Crippen molar-refractivity contribution in [3.05, 3.63) is 90.0 Å². The van der Waals surface area contributed by atoms with Gasteiger partial charge in [0.1, 0.15) is 12.4 Å². The van der Waals surface area contributed by atoms with E-state index in [1.807, 2.05) is 42.5 Å². The van der Waals surface area contributed by atoms with Crippen molar-refractivity contribution in [3.8, 4) is 5.75 Å². The van der Waals surface area contributed by atoms with Gasteiger partial charge in [-0.3, -0.25) is 9.59 Å². The first-order valence-electron chi connectivity index (χ1n) is 9.50. The fourth-order valence-electron chi connectivity index (χ4n) is 2.70. The van der Waals surface area contributed by atoms with Crippen LogP contribution < -0.4 is 15.4 Å². The molecular formula is C24H24N2O3. The number of carbonyl (C=O) groups is 2. The summed E-state index contributed by atoms with van der Waals surface area (Å²) in [5, 5.41) is 5.19. The molecule has 0 aliphatic carbocycles. The third-order valence-electron chi connectivity index (χ3n) is 4.40. The predicted molar refractivity (Wildman–Crippen MR) is 115 cm³/mol. The molecule has 3 rings (SSSR count). The van der Waals surface area contributed by atoms with Gasteiger partial charge in [0.05, 0.1) is 0 Å². The van der Waals surface area contributed by atoms with Gasteiger partial charge < -0.3 is 15.4 Å². The summed E-state index contributed by atoms with van der Waals surface area (Å²) in [7, 11) is 0. The highest BCUT2D eigenvalue weighted by molar-refractivity contribution is 6.43. The van der Waals surface area contributed by atoms with Crippen molar-refractivity contribution in [2.75, 3.05) is 10.6 Å². The van der Waals surface area contributed by atoms with Crippen LogP contribution in [-0.2, 0) is 16.2 Å². The molecule has 0 heterocycles. The molecule has 0 aromatic heterocycles. The second kappa shape index (κ2) is 9.55.